The number of hydrogen-bond donors (Lipinski definition) is 0. The monoisotopic (exact) mass is 394 g/mol. The molecule has 0 radical (unpaired) electrons. The van der Waals surface area contributed by atoms with Crippen LogP contribution in [0.5, 0.6) is 0 Å². The van der Waals surface area contributed by atoms with Crippen molar-refractivity contribution in [2.75, 3.05) is 0 Å². The van der Waals surface area contributed by atoms with Gasteiger partial charge in [0, 0.05) is 15.6 Å². The van der Waals surface area contributed by atoms with Gasteiger partial charge in [0.2, 0.25) is 0 Å². The van der Waals surface area contributed by atoms with Gasteiger partial charge >= 0.3 is 0 Å². The molecule has 0 aliphatic carbocycles. The molecule has 0 amide bonds. The second-order valence-electron chi connectivity index (χ2n) is 6.18. The second kappa shape index (κ2) is 6.04. The minimum Gasteiger partial charge on any atom is -0.216 e. The normalized spacial score (nSPS) is 11.5. The van der Waals surface area contributed by atoms with E-state index in [1.807, 2.05) is 49.4 Å². The van der Waals surface area contributed by atoms with Crippen molar-refractivity contribution in [3.8, 4) is 17.1 Å². The Kier molecular flexibility index (Phi) is 3.63. The first-order chi connectivity index (χ1) is 13.1. The molecule has 6 nitrogen and oxygen atoms in total. The van der Waals surface area contributed by atoms with Crippen LogP contribution in [0.1, 0.15) is 5.56 Å². The van der Waals surface area contributed by atoms with Crippen LogP contribution in [0, 0.1) is 6.92 Å². The molecule has 0 saturated carbocycles. The molecular weight excluding hydrogens is 383 g/mol. The SMILES string of the molecule is Cc1ccc(Cl)cc1-n1ncc2c1ncn1nc(-c3ccc(Cl)cc3)nc21. The predicted molar refractivity (Wildman–Crippen MR) is 106 cm³/mol. The van der Waals surface area contributed by atoms with E-state index in [1.165, 1.54) is 0 Å². The number of benzene rings is 2. The summed E-state index contributed by atoms with van der Waals surface area (Å²) in [5.41, 5.74) is 4.20. The average Bonchev–Trinajstić information content (AvgIpc) is 3.28. The molecule has 132 valence electrons. The molecule has 27 heavy (non-hydrogen) atoms. The quantitative estimate of drug-likeness (QED) is 0.433. The number of rotatable bonds is 2. The van der Waals surface area contributed by atoms with Crippen molar-refractivity contribution in [3.05, 3.63) is 70.6 Å². The Balaban J connectivity index is 1.71. The highest BCUT2D eigenvalue weighted by Gasteiger charge is 2.15. The highest BCUT2D eigenvalue weighted by Crippen LogP contribution is 2.26. The highest BCUT2D eigenvalue weighted by molar-refractivity contribution is 6.31. The third kappa shape index (κ3) is 2.65. The molecule has 0 aliphatic rings. The average molecular weight is 395 g/mol. The first kappa shape index (κ1) is 16.2. The zero-order chi connectivity index (χ0) is 18.5. The van der Waals surface area contributed by atoms with E-state index in [2.05, 4.69) is 20.2 Å². The Morgan fingerprint density at radius 3 is 2.52 bits per heavy atom. The molecule has 5 aromatic rings. The number of fused-ring (bicyclic) bond motifs is 3. The summed E-state index contributed by atoms with van der Waals surface area (Å²) >= 11 is 12.1. The summed E-state index contributed by atoms with van der Waals surface area (Å²) in [6.07, 6.45) is 3.39. The van der Waals surface area contributed by atoms with Crippen LogP contribution in [-0.2, 0) is 0 Å². The van der Waals surface area contributed by atoms with Gasteiger partial charge in [-0.2, -0.15) is 5.10 Å². The predicted octanol–water partition coefficient (Wildman–Crippen LogP) is 4.75. The lowest BCUT2D eigenvalue weighted by Crippen LogP contribution is -2.01. The van der Waals surface area contributed by atoms with Crippen molar-refractivity contribution in [1.29, 1.82) is 0 Å². The van der Waals surface area contributed by atoms with Gasteiger partial charge in [-0.05, 0) is 48.9 Å². The van der Waals surface area contributed by atoms with Gasteiger partial charge < -0.3 is 0 Å². The Hall–Kier alpha value is -2.96. The maximum atomic E-state index is 6.16. The van der Waals surface area contributed by atoms with E-state index in [9.17, 15) is 0 Å². The van der Waals surface area contributed by atoms with Crippen LogP contribution in [0.4, 0.5) is 0 Å². The lowest BCUT2D eigenvalue weighted by Gasteiger charge is -2.07. The fraction of sp³-hybridized carbons (Fsp3) is 0.0526. The van der Waals surface area contributed by atoms with Gasteiger partial charge in [-0.1, -0.05) is 29.3 Å². The van der Waals surface area contributed by atoms with Crippen molar-refractivity contribution in [1.82, 2.24) is 29.4 Å². The third-order valence-electron chi connectivity index (χ3n) is 4.41. The topological polar surface area (TPSA) is 60.9 Å². The molecule has 0 bridgehead atoms. The molecule has 2 aromatic carbocycles. The van der Waals surface area contributed by atoms with E-state index >= 15 is 0 Å². The number of halogens is 2. The Morgan fingerprint density at radius 2 is 1.70 bits per heavy atom. The van der Waals surface area contributed by atoms with Crippen LogP contribution in [0.3, 0.4) is 0 Å². The molecule has 0 atom stereocenters. The van der Waals surface area contributed by atoms with Crippen LogP contribution >= 0.6 is 23.2 Å². The van der Waals surface area contributed by atoms with E-state index in [-0.39, 0.29) is 0 Å². The van der Waals surface area contributed by atoms with E-state index in [0.717, 1.165) is 22.2 Å². The fourth-order valence-electron chi connectivity index (χ4n) is 3.03. The summed E-state index contributed by atoms with van der Waals surface area (Å²) in [5.74, 6) is 0.604. The van der Waals surface area contributed by atoms with Crippen LogP contribution in [-0.4, -0.2) is 29.4 Å². The van der Waals surface area contributed by atoms with Crippen LogP contribution in [0.2, 0.25) is 10.0 Å². The molecular formula is C19H12Cl2N6. The van der Waals surface area contributed by atoms with Crippen molar-refractivity contribution in [3.63, 3.8) is 0 Å². The van der Waals surface area contributed by atoms with E-state index < -0.39 is 0 Å². The first-order valence-corrected chi connectivity index (χ1v) is 8.97. The van der Waals surface area contributed by atoms with E-state index in [1.54, 1.807) is 21.7 Å². The molecule has 0 fully saturated rings. The summed E-state index contributed by atoms with van der Waals surface area (Å²) < 4.78 is 3.43. The lowest BCUT2D eigenvalue weighted by molar-refractivity contribution is 0.876. The maximum absolute atomic E-state index is 6.16. The molecule has 0 saturated heterocycles. The van der Waals surface area contributed by atoms with Gasteiger partial charge in [0.15, 0.2) is 17.1 Å². The van der Waals surface area contributed by atoms with Gasteiger partial charge in [0.1, 0.15) is 6.33 Å². The number of aromatic nitrogens is 6. The first-order valence-electron chi connectivity index (χ1n) is 8.22. The summed E-state index contributed by atoms with van der Waals surface area (Å²) in [5, 5.41) is 11.2. The molecule has 0 N–H and O–H groups in total. The van der Waals surface area contributed by atoms with Crippen molar-refractivity contribution >= 4 is 39.9 Å². The van der Waals surface area contributed by atoms with Crippen molar-refractivity contribution < 1.29 is 0 Å². The molecule has 0 spiro atoms. The Labute approximate surface area is 164 Å². The molecule has 3 aromatic heterocycles. The molecule has 3 heterocycles. The molecule has 0 unspecified atom stereocenters. The Bertz CT molecular complexity index is 1300. The third-order valence-corrected chi connectivity index (χ3v) is 4.89. The number of aryl methyl sites for hydroxylation is 1. The van der Waals surface area contributed by atoms with Crippen molar-refractivity contribution in [2.24, 2.45) is 0 Å². The van der Waals surface area contributed by atoms with E-state index in [0.29, 0.717) is 27.2 Å². The number of nitrogens with zero attached hydrogens (tertiary/aromatic N) is 6. The minimum atomic E-state index is 0.604. The van der Waals surface area contributed by atoms with Gasteiger partial charge in [-0.15, -0.1) is 5.10 Å². The summed E-state index contributed by atoms with van der Waals surface area (Å²) in [4.78, 5) is 9.21. The molecule has 5 rings (SSSR count). The lowest BCUT2D eigenvalue weighted by atomic mass is 10.2. The zero-order valence-corrected chi connectivity index (χ0v) is 15.6. The highest BCUT2D eigenvalue weighted by atomic mass is 35.5. The summed E-state index contributed by atoms with van der Waals surface area (Å²) in [6.45, 7) is 2.01. The van der Waals surface area contributed by atoms with Crippen LogP contribution in [0.25, 0.3) is 33.8 Å². The van der Waals surface area contributed by atoms with Crippen LogP contribution in [0.15, 0.2) is 55.0 Å². The van der Waals surface area contributed by atoms with E-state index in [4.69, 9.17) is 23.2 Å². The summed E-state index contributed by atoms with van der Waals surface area (Å²) in [7, 11) is 0. The fourth-order valence-corrected chi connectivity index (χ4v) is 3.32. The zero-order valence-electron chi connectivity index (χ0n) is 14.1. The smallest absolute Gasteiger partial charge is 0.182 e. The minimum absolute atomic E-state index is 0.604. The molecule has 8 heteroatoms. The standard InChI is InChI=1S/C19H12Cl2N6/c1-11-2-5-14(21)8-16(11)27-18-15(9-23-27)19-24-17(25-26(19)10-22-18)12-3-6-13(20)7-4-12/h2-10H,1H3. The van der Waals surface area contributed by atoms with Crippen molar-refractivity contribution in [2.45, 2.75) is 6.92 Å². The molecule has 0 aliphatic heterocycles. The van der Waals surface area contributed by atoms with Gasteiger partial charge in [0.25, 0.3) is 0 Å². The second-order valence-corrected chi connectivity index (χ2v) is 7.05. The van der Waals surface area contributed by atoms with Crippen LogP contribution < -0.4 is 0 Å². The van der Waals surface area contributed by atoms with Gasteiger partial charge in [0.05, 0.1) is 17.3 Å². The Morgan fingerprint density at radius 1 is 0.926 bits per heavy atom. The number of hydrogen-bond acceptors (Lipinski definition) is 4. The largest absolute Gasteiger partial charge is 0.216 e. The maximum Gasteiger partial charge on any atom is 0.182 e. The van der Waals surface area contributed by atoms with Gasteiger partial charge in [-0.25, -0.2) is 19.2 Å². The van der Waals surface area contributed by atoms with Gasteiger partial charge in [-0.3, -0.25) is 0 Å². The summed E-state index contributed by atoms with van der Waals surface area (Å²) in [6, 6.07) is 13.1.